The van der Waals surface area contributed by atoms with Crippen molar-refractivity contribution in [2.24, 2.45) is 0 Å². The van der Waals surface area contributed by atoms with Crippen LogP contribution in [-0.4, -0.2) is 37.2 Å². The number of unbranched alkanes of at least 4 members (excludes halogenated alkanes) is 17. The number of ether oxygens (including phenoxy) is 3. The van der Waals surface area contributed by atoms with E-state index < -0.39 is 6.10 Å². The van der Waals surface area contributed by atoms with Crippen LogP contribution in [0.3, 0.4) is 0 Å². The van der Waals surface area contributed by atoms with Crippen LogP contribution >= 0.6 is 0 Å². The standard InChI is InChI=1S/C56H92O6/c1-4-7-10-13-16-19-22-24-26-28-30-31-34-37-40-43-46-49-55(58)61-52-53(51-60-54(57)48-45-42-39-36-33-21-18-15-12-9-6-3)62-56(59)50-47-44-41-38-35-32-29-27-25-23-20-17-14-11-8-5-2/h8-9,11-12,17-18,20-21,24-27,32,35-36,39,53H,4-7,10,13-16,19,22-23,28-31,33-34,37-38,40-52H2,1-3H3/b11-8-,12-9-,20-17-,21-18-,26-24-,27-25-,35-32-,39-36-. The van der Waals surface area contributed by atoms with Crippen LogP contribution in [0.5, 0.6) is 0 Å². The van der Waals surface area contributed by atoms with E-state index in [0.29, 0.717) is 19.3 Å². The van der Waals surface area contributed by atoms with Crippen LogP contribution < -0.4 is 0 Å². The summed E-state index contributed by atoms with van der Waals surface area (Å²) < 4.78 is 16.7. The number of carbonyl (C=O) groups is 3. The maximum absolute atomic E-state index is 12.8. The molecule has 0 saturated carbocycles. The molecule has 0 aromatic rings. The van der Waals surface area contributed by atoms with Crippen LogP contribution in [-0.2, 0) is 28.6 Å². The summed E-state index contributed by atoms with van der Waals surface area (Å²) in [6.07, 6.45) is 65.5. The quantitative estimate of drug-likeness (QED) is 0.0263. The third-order valence-corrected chi connectivity index (χ3v) is 10.3. The lowest BCUT2D eigenvalue weighted by Crippen LogP contribution is -2.30. The molecule has 0 amide bonds. The molecule has 0 aromatic carbocycles. The molecule has 0 heterocycles. The molecule has 0 spiro atoms. The maximum atomic E-state index is 12.8. The summed E-state index contributed by atoms with van der Waals surface area (Å²) in [5.41, 5.74) is 0. The summed E-state index contributed by atoms with van der Waals surface area (Å²) >= 11 is 0. The molecule has 0 aliphatic rings. The first-order chi connectivity index (χ1) is 30.5. The third-order valence-electron chi connectivity index (χ3n) is 10.3. The number of esters is 3. The Morgan fingerprint density at radius 1 is 0.339 bits per heavy atom. The zero-order valence-corrected chi connectivity index (χ0v) is 40.1. The van der Waals surface area contributed by atoms with Crippen molar-refractivity contribution >= 4 is 17.9 Å². The first-order valence-electron chi connectivity index (χ1n) is 25.2. The largest absolute Gasteiger partial charge is 0.462 e. The summed E-state index contributed by atoms with van der Waals surface area (Å²) in [4.78, 5) is 37.9. The Morgan fingerprint density at radius 3 is 1.08 bits per heavy atom. The zero-order chi connectivity index (χ0) is 45.1. The molecular formula is C56H92O6. The topological polar surface area (TPSA) is 78.9 Å². The summed E-state index contributed by atoms with van der Waals surface area (Å²) in [6, 6.07) is 0. The van der Waals surface area contributed by atoms with Crippen LogP contribution in [0.4, 0.5) is 0 Å². The Bertz CT molecular complexity index is 1260. The van der Waals surface area contributed by atoms with Crippen LogP contribution in [0.15, 0.2) is 97.2 Å². The van der Waals surface area contributed by atoms with E-state index in [-0.39, 0.29) is 44.0 Å². The molecule has 0 aliphatic carbocycles. The van der Waals surface area contributed by atoms with Crippen LogP contribution in [0.2, 0.25) is 0 Å². The summed E-state index contributed by atoms with van der Waals surface area (Å²) in [5, 5.41) is 0. The summed E-state index contributed by atoms with van der Waals surface area (Å²) in [6.45, 7) is 6.31. The predicted octanol–water partition coefficient (Wildman–Crippen LogP) is 16.6. The Hall–Kier alpha value is -3.67. The monoisotopic (exact) mass is 861 g/mol. The van der Waals surface area contributed by atoms with Gasteiger partial charge in [0.25, 0.3) is 0 Å². The lowest BCUT2D eigenvalue weighted by atomic mass is 10.1. The van der Waals surface area contributed by atoms with E-state index in [9.17, 15) is 14.4 Å². The van der Waals surface area contributed by atoms with Crippen LogP contribution in [0.25, 0.3) is 0 Å². The van der Waals surface area contributed by atoms with Crippen molar-refractivity contribution < 1.29 is 28.6 Å². The second kappa shape index (κ2) is 50.0. The van der Waals surface area contributed by atoms with E-state index in [1.807, 2.05) is 0 Å². The van der Waals surface area contributed by atoms with E-state index in [4.69, 9.17) is 14.2 Å². The molecule has 62 heavy (non-hydrogen) atoms. The van der Waals surface area contributed by atoms with Gasteiger partial charge in [0.1, 0.15) is 13.2 Å². The molecular weight excluding hydrogens is 769 g/mol. The average molecular weight is 861 g/mol. The smallest absolute Gasteiger partial charge is 0.306 e. The fraction of sp³-hybridized carbons (Fsp3) is 0.661. The summed E-state index contributed by atoms with van der Waals surface area (Å²) in [5.74, 6) is -1.01. The third kappa shape index (κ3) is 47.4. The highest BCUT2D eigenvalue weighted by molar-refractivity contribution is 5.71. The second-order valence-corrected chi connectivity index (χ2v) is 16.3. The number of hydrogen-bond donors (Lipinski definition) is 0. The van der Waals surface area contributed by atoms with Gasteiger partial charge in [-0.05, 0) is 109 Å². The molecule has 0 aliphatic heterocycles. The van der Waals surface area contributed by atoms with Gasteiger partial charge in [-0.3, -0.25) is 14.4 Å². The van der Waals surface area contributed by atoms with Crippen molar-refractivity contribution in [3.63, 3.8) is 0 Å². The highest BCUT2D eigenvalue weighted by Gasteiger charge is 2.19. The lowest BCUT2D eigenvalue weighted by Gasteiger charge is -2.18. The number of hydrogen-bond acceptors (Lipinski definition) is 6. The van der Waals surface area contributed by atoms with E-state index in [1.165, 1.54) is 77.0 Å². The van der Waals surface area contributed by atoms with Gasteiger partial charge in [0, 0.05) is 19.3 Å². The number of rotatable bonds is 44. The first kappa shape index (κ1) is 58.3. The predicted molar refractivity (Wildman–Crippen MR) is 265 cm³/mol. The van der Waals surface area contributed by atoms with Crippen molar-refractivity contribution in [2.45, 2.75) is 226 Å². The van der Waals surface area contributed by atoms with Crippen LogP contribution in [0, 0.1) is 0 Å². The first-order valence-corrected chi connectivity index (χ1v) is 25.2. The van der Waals surface area contributed by atoms with Gasteiger partial charge in [0.05, 0.1) is 0 Å². The minimum Gasteiger partial charge on any atom is -0.462 e. The molecule has 0 saturated heterocycles. The lowest BCUT2D eigenvalue weighted by molar-refractivity contribution is -0.167. The van der Waals surface area contributed by atoms with E-state index in [0.717, 1.165) is 89.9 Å². The van der Waals surface area contributed by atoms with Gasteiger partial charge in [-0.15, -0.1) is 0 Å². The highest BCUT2D eigenvalue weighted by Crippen LogP contribution is 2.13. The Balaban J connectivity index is 4.48. The highest BCUT2D eigenvalue weighted by atomic mass is 16.6. The number of carbonyl (C=O) groups excluding carboxylic acids is 3. The van der Waals surface area contributed by atoms with Crippen molar-refractivity contribution in [3.05, 3.63) is 97.2 Å². The van der Waals surface area contributed by atoms with E-state index in [2.05, 4.69) is 118 Å². The molecule has 0 bridgehead atoms. The zero-order valence-electron chi connectivity index (χ0n) is 40.1. The van der Waals surface area contributed by atoms with Crippen molar-refractivity contribution in [3.8, 4) is 0 Å². The molecule has 1 unspecified atom stereocenters. The van der Waals surface area contributed by atoms with Gasteiger partial charge in [0.15, 0.2) is 6.10 Å². The molecule has 0 radical (unpaired) electrons. The Kier molecular flexibility index (Phi) is 47.0. The second-order valence-electron chi connectivity index (χ2n) is 16.3. The van der Waals surface area contributed by atoms with E-state index in [1.54, 1.807) is 0 Å². The van der Waals surface area contributed by atoms with Gasteiger partial charge in [-0.1, -0.05) is 189 Å². The molecule has 6 nitrogen and oxygen atoms in total. The molecule has 6 heteroatoms. The Morgan fingerprint density at radius 2 is 0.645 bits per heavy atom. The fourth-order valence-electron chi connectivity index (χ4n) is 6.57. The summed E-state index contributed by atoms with van der Waals surface area (Å²) in [7, 11) is 0. The average Bonchev–Trinajstić information content (AvgIpc) is 3.27. The van der Waals surface area contributed by atoms with Gasteiger partial charge in [-0.25, -0.2) is 0 Å². The Labute approximate surface area is 381 Å². The maximum Gasteiger partial charge on any atom is 0.306 e. The molecule has 1 atom stereocenters. The molecule has 0 fully saturated rings. The van der Waals surface area contributed by atoms with Gasteiger partial charge in [0.2, 0.25) is 0 Å². The molecule has 0 N–H and O–H groups in total. The van der Waals surface area contributed by atoms with Gasteiger partial charge in [-0.2, -0.15) is 0 Å². The normalized spacial score (nSPS) is 12.9. The fourth-order valence-corrected chi connectivity index (χ4v) is 6.57. The van der Waals surface area contributed by atoms with Crippen molar-refractivity contribution in [2.75, 3.05) is 13.2 Å². The van der Waals surface area contributed by atoms with Gasteiger partial charge >= 0.3 is 17.9 Å². The molecule has 0 rings (SSSR count). The van der Waals surface area contributed by atoms with Crippen molar-refractivity contribution in [1.82, 2.24) is 0 Å². The number of allylic oxidation sites excluding steroid dienone is 16. The SMILES string of the molecule is CC/C=C\C/C=C\C/C=C\C/C=C\CCCCCC(=O)OC(COC(=O)CCC/C=C\C/C=C\C/C=C\CC)COC(=O)CCCCCCCCC/C=C\CCCCCCCC. The molecule has 352 valence electrons. The van der Waals surface area contributed by atoms with Crippen molar-refractivity contribution in [1.29, 1.82) is 0 Å². The van der Waals surface area contributed by atoms with Gasteiger partial charge < -0.3 is 14.2 Å². The minimum absolute atomic E-state index is 0.110. The molecule has 0 aromatic heterocycles. The van der Waals surface area contributed by atoms with E-state index >= 15 is 0 Å². The minimum atomic E-state index is -0.816. The van der Waals surface area contributed by atoms with Crippen LogP contribution in [0.1, 0.15) is 220 Å².